The summed E-state index contributed by atoms with van der Waals surface area (Å²) in [7, 11) is 0. The van der Waals surface area contributed by atoms with E-state index in [1.807, 2.05) is 44.2 Å². The molecule has 1 aliphatic heterocycles. The molecule has 0 saturated heterocycles. The van der Waals surface area contributed by atoms with Crippen LogP contribution < -0.4 is 10.1 Å². The Hall–Kier alpha value is -3.02. The Labute approximate surface area is 279 Å². The number of phenolic OH excluding ortho intramolecular Hbond substituents is 1. The largest absolute Gasteiger partial charge is 0.507 e. The number of phenols is 1. The first-order valence-corrected chi connectivity index (χ1v) is 17.7. The van der Waals surface area contributed by atoms with E-state index in [0.717, 1.165) is 65.0 Å². The van der Waals surface area contributed by atoms with E-state index in [2.05, 4.69) is 46.9 Å². The van der Waals surface area contributed by atoms with Gasteiger partial charge in [0.1, 0.15) is 23.1 Å². The number of aliphatic carboxylic acids is 1. The molecule has 0 bridgehead atoms. The van der Waals surface area contributed by atoms with Crippen LogP contribution in [0.1, 0.15) is 134 Å². The van der Waals surface area contributed by atoms with Gasteiger partial charge in [0.2, 0.25) is 5.91 Å². The average molecular weight is 638 g/mol. The van der Waals surface area contributed by atoms with Crippen LogP contribution in [0.5, 0.6) is 11.5 Å². The van der Waals surface area contributed by atoms with Gasteiger partial charge in [0.15, 0.2) is 0 Å². The summed E-state index contributed by atoms with van der Waals surface area (Å²) < 4.78 is 6.60. The summed E-state index contributed by atoms with van der Waals surface area (Å²) in [6.45, 7) is 19.2. The quantitative estimate of drug-likeness (QED) is 0.170. The van der Waals surface area contributed by atoms with E-state index in [-0.39, 0.29) is 11.5 Å². The van der Waals surface area contributed by atoms with Gasteiger partial charge in [-0.15, -0.1) is 0 Å². The SMILES string of the molecule is CC(=O)NC(Cc1ccccc1)C(=O)O.Cc1c(C)c2c(c(C)c1O)CC[C@@](C)(CCCC(C)CCCC(C)CCCC(C)C)O2. The number of aromatic hydroxyl groups is 1. The number of carboxylic acid groups (broad SMARTS) is 1. The highest BCUT2D eigenvalue weighted by Crippen LogP contribution is 2.44. The molecule has 0 fully saturated rings. The molecule has 0 aliphatic carbocycles. The molecular formula is C40H63NO5. The number of nitrogens with one attached hydrogen (secondary N) is 1. The van der Waals surface area contributed by atoms with Crippen molar-refractivity contribution in [3.8, 4) is 11.5 Å². The minimum Gasteiger partial charge on any atom is -0.507 e. The summed E-state index contributed by atoms with van der Waals surface area (Å²) in [4.78, 5) is 21.6. The second-order valence-corrected chi connectivity index (χ2v) is 14.7. The summed E-state index contributed by atoms with van der Waals surface area (Å²) in [5.41, 5.74) is 5.12. The molecule has 0 spiro atoms. The molecule has 1 heterocycles. The van der Waals surface area contributed by atoms with Crippen LogP contribution in [0.2, 0.25) is 0 Å². The standard InChI is InChI=1S/C29H50O2.C11H13NO3/c1-20(2)12-9-13-21(3)14-10-15-22(4)16-11-18-29(8)19-17-26-25(7)27(30)23(5)24(6)28(26)31-29;1-8(13)12-10(11(14)15)7-9-5-3-2-4-6-9/h20-22,30H,9-19H2,1-8H3;2-6,10H,7H2,1H3,(H,12,13)(H,14,15)/t21?,22?,29-;/m1./s1. The minimum atomic E-state index is -1.02. The number of amides is 1. The maximum Gasteiger partial charge on any atom is 0.326 e. The van der Waals surface area contributed by atoms with Crippen LogP contribution in [-0.2, 0) is 22.4 Å². The highest BCUT2D eigenvalue weighted by Gasteiger charge is 2.34. The zero-order valence-electron chi connectivity index (χ0n) is 30.3. The first-order chi connectivity index (χ1) is 21.6. The number of fused-ring (bicyclic) bond motifs is 1. The average Bonchev–Trinajstić information content (AvgIpc) is 2.99. The molecule has 0 aromatic heterocycles. The van der Waals surface area contributed by atoms with Crippen LogP contribution in [0.25, 0.3) is 0 Å². The molecule has 2 aromatic rings. The van der Waals surface area contributed by atoms with Crippen LogP contribution in [0.15, 0.2) is 30.3 Å². The lowest BCUT2D eigenvalue weighted by molar-refractivity contribution is -0.141. The third-order valence-electron chi connectivity index (χ3n) is 9.83. The summed E-state index contributed by atoms with van der Waals surface area (Å²) >= 11 is 0. The topological polar surface area (TPSA) is 95.9 Å². The molecule has 3 N–H and O–H groups in total. The van der Waals surface area contributed by atoms with Crippen molar-refractivity contribution in [2.45, 2.75) is 151 Å². The van der Waals surface area contributed by atoms with E-state index in [1.54, 1.807) is 0 Å². The van der Waals surface area contributed by atoms with Gasteiger partial charge < -0.3 is 20.3 Å². The normalized spacial score (nSPS) is 17.6. The molecular weight excluding hydrogens is 574 g/mol. The first-order valence-electron chi connectivity index (χ1n) is 17.7. The number of hydrogen-bond acceptors (Lipinski definition) is 4. The number of carbonyl (C=O) groups excluding carboxylic acids is 1. The van der Waals surface area contributed by atoms with Crippen LogP contribution in [0, 0.1) is 38.5 Å². The van der Waals surface area contributed by atoms with Gasteiger partial charge in [0.25, 0.3) is 0 Å². The number of hydrogen-bond donors (Lipinski definition) is 3. The van der Waals surface area contributed by atoms with Crippen molar-refractivity contribution in [3.63, 3.8) is 0 Å². The molecule has 1 amide bonds. The van der Waals surface area contributed by atoms with Gasteiger partial charge in [-0.25, -0.2) is 4.79 Å². The summed E-state index contributed by atoms with van der Waals surface area (Å²) in [5, 5.41) is 21.6. The van der Waals surface area contributed by atoms with E-state index >= 15 is 0 Å². The number of carboxylic acids is 1. The van der Waals surface area contributed by atoms with E-state index in [4.69, 9.17) is 9.84 Å². The Morgan fingerprint density at radius 2 is 1.43 bits per heavy atom. The van der Waals surface area contributed by atoms with Crippen molar-refractivity contribution in [1.82, 2.24) is 5.32 Å². The molecule has 6 nitrogen and oxygen atoms in total. The van der Waals surface area contributed by atoms with Gasteiger partial charge in [-0.3, -0.25) is 4.79 Å². The van der Waals surface area contributed by atoms with Crippen LogP contribution in [0.3, 0.4) is 0 Å². The van der Waals surface area contributed by atoms with Crippen LogP contribution in [-0.4, -0.2) is 33.7 Å². The maximum atomic E-state index is 10.8. The fraction of sp³-hybridized carbons (Fsp3) is 0.650. The Kier molecular flexibility index (Phi) is 16.1. The van der Waals surface area contributed by atoms with Crippen molar-refractivity contribution in [2.24, 2.45) is 17.8 Å². The number of rotatable bonds is 16. The molecule has 46 heavy (non-hydrogen) atoms. The number of ether oxygens (including phenoxy) is 1. The lowest BCUT2D eigenvalue weighted by Crippen LogP contribution is -2.41. The molecule has 0 saturated carbocycles. The Bertz CT molecular complexity index is 1240. The third-order valence-corrected chi connectivity index (χ3v) is 9.83. The fourth-order valence-electron chi connectivity index (χ4n) is 6.57. The lowest BCUT2D eigenvalue weighted by Gasteiger charge is -2.38. The number of benzene rings is 2. The molecule has 6 heteroatoms. The second-order valence-electron chi connectivity index (χ2n) is 14.7. The first kappa shape index (κ1) is 39.2. The molecule has 2 aromatic carbocycles. The molecule has 258 valence electrons. The summed E-state index contributed by atoms with van der Waals surface area (Å²) in [5.74, 6) is 2.68. The van der Waals surface area contributed by atoms with Gasteiger partial charge >= 0.3 is 5.97 Å². The second kappa shape index (κ2) is 19.0. The van der Waals surface area contributed by atoms with Crippen molar-refractivity contribution in [1.29, 1.82) is 0 Å². The van der Waals surface area contributed by atoms with Crippen molar-refractivity contribution < 1.29 is 24.5 Å². The molecule has 0 radical (unpaired) electrons. The predicted molar refractivity (Wildman–Crippen MR) is 190 cm³/mol. The smallest absolute Gasteiger partial charge is 0.326 e. The van der Waals surface area contributed by atoms with Gasteiger partial charge in [-0.1, -0.05) is 103 Å². The highest BCUT2D eigenvalue weighted by atomic mass is 16.5. The Balaban J connectivity index is 0.000000410. The highest BCUT2D eigenvalue weighted by molar-refractivity contribution is 5.82. The molecule has 3 rings (SSSR count). The third kappa shape index (κ3) is 13.0. The predicted octanol–water partition coefficient (Wildman–Crippen LogP) is 9.66. The molecule has 4 atom stereocenters. The van der Waals surface area contributed by atoms with Gasteiger partial charge in [0.05, 0.1) is 0 Å². The van der Waals surface area contributed by atoms with Gasteiger partial charge in [-0.2, -0.15) is 0 Å². The Morgan fingerprint density at radius 3 is 1.98 bits per heavy atom. The molecule has 3 unspecified atom stereocenters. The van der Waals surface area contributed by atoms with Crippen molar-refractivity contribution >= 4 is 11.9 Å². The zero-order valence-corrected chi connectivity index (χ0v) is 30.3. The van der Waals surface area contributed by atoms with Gasteiger partial charge in [-0.05, 0) is 93.4 Å². The molecule has 1 aliphatic rings. The van der Waals surface area contributed by atoms with E-state index < -0.39 is 12.0 Å². The summed E-state index contributed by atoms with van der Waals surface area (Å²) in [6, 6.07) is 8.34. The van der Waals surface area contributed by atoms with E-state index in [1.165, 1.54) is 63.9 Å². The lowest BCUT2D eigenvalue weighted by atomic mass is 9.84. The van der Waals surface area contributed by atoms with Crippen molar-refractivity contribution in [2.75, 3.05) is 0 Å². The van der Waals surface area contributed by atoms with Crippen molar-refractivity contribution in [3.05, 3.63) is 58.1 Å². The minimum absolute atomic E-state index is 0.0712. The monoisotopic (exact) mass is 637 g/mol. The van der Waals surface area contributed by atoms with Gasteiger partial charge in [0, 0.05) is 18.9 Å². The number of carbonyl (C=O) groups is 2. The fourth-order valence-corrected chi connectivity index (χ4v) is 6.57. The van der Waals surface area contributed by atoms with Crippen LogP contribution in [0.4, 0.5) is 0 Å². The maximum absolute atomic E-state index is 10.8. The van der Waals surface area contributed by atoms with E-state index in [9.17, 15) is 14.7 Å². The van der Waals surface area contributed by atoms with Crippen LogP contribution >= 0.6 is 0 Å². The summed E-state index contributed by atoms with van der Waals surface area (Å²) in [6.07, 6.45) is 14.4. The Morgan fingerprint density at radius 1 is 0.870 bits per heavy atom. The van der Waals surface area contributed by atoms with E-state index in [0.29, 0.717) is 12.2 Å². The zero-order chi connectivity index (χ0) is 34.4.